The molecule has 1 aliphatic heterocycles. The van der Waals surface area contributed by atoms with Crippen LogP contribution >= 0.6 is 0 Å². The van der Waals surface area contributed by atoms with Crippen LogP contribution in [0.4, 0.5) is 11.4 Å². The van der Waals surface area contributed by atoms with Crippen molar-refractivity contribution in [3.05, 3.63) is 24.3 Å². The second kappa shape index (κ2) is 6.01. The fraction of sp³-hybridized carbons (Fsp3) is 0.500. The van der Waals surface area contributed by atoms with Crippen molar-refractivity contribution < 1.29 is 21.6 Å². The molecule has 24 heavy (non-hydrogen) atoms. The molecular weight excluding hydrogens is 354 g/mol. The molecule has 0 radical (unpaired) electrons. The van der Waals surface area contributed by atoms with Crippen LogP contribution in [0.2, 0.25) is 0 Å². The highest BCUT2D eigenvalue weighted by Crippen LogP contribution is 2.34. The topological polar surface area (TPSA) is 113 Å². The van der Waals surface area contributed by atoms with Gasteiger partial charge in [-0.1, -0.05) is 6.07 Å². The van der Waals surface area contributed by atoms with Gasteiger partial charge in [-0.15, -0.1) is 0 Å². The van der Waals surface area contributed by atoms with E-state index >= 15 is 0 Å². The summed E-state index contributed by atoms with van der Waals surface area (Å²) in [5.41, 5.74) is 0.805. The summed E-state index contributed by atoms with van der Waals surface area (Å²) in [6.45, 7) is 0.401. The Labute approximate surface area is 141 Å². The molecule has 2 fully saturated rings. The zero-order valence-corrected chi connectivity index (χ0v) is 14.7. The predicted octanol–water partition coefficient (Wildman–Crippen LogP) is 0.421. The fourth-order valence-corrected chi connectivity index (χ4v) is 4.99. The number of sulfonamides is 2. The van der Waals surface area contributed by atoms with Crippen LogP contribution in [0.15, 0.2) is 24.3 Å². The van der Waals surface area contributed by atoms with Crippen molar-refractivity contribution in [3.63, 3.8) is 0 Å². The summed E-state index contributed by atoms with van der Waals surface area (Å²) in [6, 6.07) is 6.34. The summed E-state index contributed by atoms with van der Waals surface area (Å²) in [5.74, 6) is -0.654. The summed E-state index contributed by atoms with van der Waals surface area (Å²) in [6.07, 6.45) is 2.45. The van der Waals surface area contributed by atoms with E-state index in [9.17, 15) is 21.6 Å². The van der Waals surface area contributed by atoms with Gasteiger partial charge in [0.1, 0.15) is 0 Å². The van der Waals surface area contributed by atoms with Gasteiger partial charge in [0.25, 0.3) is 0 Å². The van der Waals surface area contributed by atoms with E-state index in [4.69, 9.17) is 0 Å². The van der Waals surface area contributed by atoms with Crippen molar-refractivity contribution in [2.75, 3.05) is 29.4 Å². The molecule has 2 N–H and O–H groups in total. The van der Waals surface area contributed by atoms with E-state index in [1.54, 1.807) is 18.2 Å². The Morgan fingerprint density at radius 3 is 2.33 bits per heavy atom. The third kappa shape index (κ3) is 3.87. The number of hydrogen-bond donors (Lipinski definition) is 2. The average molecular weight is 373 g/mol. The molecule has 1 saturated heterocycles. The Hall–Kier alpha value is -1.65. The second-order valence-electron chi connectivity index (χ2n) is 6.20. The zero-order valence-electron chi connectivity index (χ0n) is 13.1. The van der Waals surface area contributed by atoms with E-state index in [2.05, 4.69) is 10.0 Å². The van der Waals surface area contributed by atoms with E-state index in [1.807, 2.05) is 0 Å². The van der Waals surface area contributed by atoms with Crippen LogP contribution in [0.3, 0.4) is 0 Å². The first kappa shape index (κ1) is 17.2. The molecule has 0 bridgehead atoms. The lowest BCUT2D eigenvalue weighted by atomic mass is 10.0. The monoisotopic (exact) mass is 373 g/mol. The molecule has 1 aliphatic carbocycles. The maximum absolute atomic E-state index is 12.2. The van der Waals surface area contributed by atoms with Crippen LogP contribution in [0.25, 0.3) is 0 Å². The Bertz CT molecular complexity index is 856. The number of carbonyl (C=O) groups is 1. The van der Waals surface area contributed by atoms with Crippen molar-refractivity contribution in [1.29, 1.82) is 0 Å². The minimum Gasteiger partial charge on any atom is -0.326 e. The third-order valence-electron chi connectivity index (χ3n) is 3.96. The standard InChI is InChI=1S/C14H19N3O5S2/c1-23(19,20)16-12-4-2-3-11(7-12)15-14(18)10-8-17(9-10)24(21,22)13-5-6-13/h2-4,7,10,13,16H,5-6,8-9H2,1H3,(H,15,18). The third-order valence-corrected chi connectivity index (χ3v) is 6.90. The van der Waals surface area contributed by atoms with Gasteiger partial charge in [0.2, 0.25) is 26.0 Å². The van der Waals surface area contributed by atoms with Gasteiger partial charge in [-0.3, -0.25) is 9.52 Å². The highest BCUT2D eigenvalue weighted by molar-refractivity contribution is 7.92. The lowest BCUT2D eigenvalue weighted by Gasteiger charge is -2.37. The van der Waals surface area contributed by atoms with E-state index < -0.39 is 20.0 Å². The quantitative estimate of drug-likeness (QED) is 0.750. The minimum atomic E-state index is -3.39. The molecule has 0 spiro atoms. The Morgan fingerprint density at radius 2 is 1.75 bits per heavy atom. The molecule has 1 aromatic carbocycles. The first-order chi connectivity index (χ1) is 11.1. The number of amides is 1. The van der Waals surface area contributed by atoms with Gasteiger partial charge in [0.05, 0.1) is 23.1 Å². The van der Waals surface area contributed by atoms with Gasteiger partial charge in [-0.2, -0.15) is 4.31 Å². The molecule has 0 atom stereocenters. The average Bonchev–Trinajstić information content (AvgIpc) is 3.18. The number of rotatable bonds is 6. The molecule has 1 heterocycles. The van der Waals surface area contributed by atoms with Crippen LogP contribution in [0.1, 0.15) is 12.8 Å². The van der Waals surface area contributed by atoms with Crippen LogP contribution in [0.5, 0.6) is 0 Å². The maximum atomic E-state index is 12.2. The Balaban J connectivity index is 1.57. The SMILES string of the molecule is CS(=O)(=O)Nc1cccc(NC(=O)C2CN(S(=O)(=O)C3CC3)C2)c1. The molecule has 132 valence electrons. The van der Waals surface area contributed by atoms with Gasteiger partial charge < -0.3 is 5.32 Å². The number of anilines is 2. The highest BCUT2D eigenvalue weighted by Gasteiger charge is 2.46. The maximum Gasteiger partial charge on any atom is 0.230 e. The zero-order chi connectivity index (χ0) is 17.5. The highest BCUT2D eigenvalue weighted by atomic mass is 32.2. The van der Waals surface area contributed by atoms with E-state index in [-0.39, 0.29) is 30.2 Å². The van der Waals surface area contributed by atoms with E-state index in [0.717, 1.165) is 6.26 Å². The van der Waals surface area contributed by atoms with Crippen molar-refractivity contribution in [2.45, 2.75) is 18.1 Å². The summed E-state index contributed by atoms with van der Waals surface area (Å²) in [4.78, 5) is 12.2. The van der Waals surface area contributed by atoms with E-state index in [0.29, 0.717) is 24.2 Å². The molecular formula is C14H19N3O5S2. The minimum absolute atomic E-state index is 0.200. The summed E-state index contributed by atoms with van der Waals surface area (Å²) < 4.78 is 50.2. The number of carbonyl (C=O) groups excluding carboxylic acids is 1. The first-order valence-electron chi connectivity index (χ1n) is 7.53. The molecule has 1 amide bonds. The lowest BCUT2D eigenvalue weighted by Crippen LogP contribution is -2.55. The Morgan fingerprint density at radius 1 is 1.12 bits per heavy atom. The number of benzene rings is 1. The molecule has 1 aromatic rings. The number of hydrogen-bond acceptors (Lipinski definition) is 5. The van der Waals surface area contributed by atoms with Crippen LogP contribution in [0, 0.1) is 5.92 Å². The number of nitrogens with zero attached hydrogens (tertiary/aromatic N) is 1. The van der Waals surface area contributed by atoms with Gasteiger partial charge in [-0.05, 0) is 31.0 Å². The molecule has 1 saturated carbocycles. The normalized spacial score (nSPS) is 19.5. The van der Waals surface area contributed by atoms with Crippen molar-refractivity contribution in [1.82, 2.24) is 4.31 Å². The lowest BCUT2D eigenvalue weighted by molar-refractivity contribution is -0.122. The first-order valence-corrected chi connectivity index (χ1v) is 10.9. The number of nitrogens with one attached hydrogen (secondary N) is 2. The fourth-order valence-electron chi connectivity index (χ4n) is 2.51. The summed E-state index contributed by atoms with van der Waals surface area (Å²) in [5, 5.41) is 2.43. The molecule has 0 unspecified atom stereocenters. The van der Waals surface area contributed by atoms with Crippen LogP contribution in [-0.4, -0.2) is 51.6 Å². The van der Waals surface area contributed by atoms with Crippen LogP contribution in [-0.2, 0) is 24.8 Å². The Kier molecular flexibility index (Phi) is 4.30. The molecule has 10 heteroatoms. The smallest absolute Gasteiger partial charge is 0.230 e. The van der Waals surface area contributed by atoms with Gasteiger partial charge in [-0.25, -0.2) is 16.8 Å². The van der Waals surface area contributed by atoms with E-state index in [1.165, 1.54) is 10.4 Å². The van der Waals surface area contributed by atoms with Gasteiger partial charge in [0, 0.05) is 18.8 Å². The van der Waals surface area contributed by atoms with Crippen molar-refractivity contribution in [2.24, 2.45) is 5.92 Å². The molecule has 8 nitrogen and oxygen atoms in total. The predicted molar refractivity (Wildman–Crippen MR) is 90.5 cm³/mol. The second-order valence-corrected chi connectivity index (χ2v) is 10.2. The largest absolute Gasteiger partial charge is 0.326 e. The van der Waals surface area contributed by atoms with Crippen molar-refractivity contribution >= 4 is 37.3 Å². The summed E-state index contributed by atoms with van der Waals surface area (Å²) >= 11 is 0. The van der Waals surface area contributed by atoms with Gasteiger partial charge >= 0.3 is 0 Å². The van der Waals surface area contributed by atoms with Crippen molar-refractivity contribution in [3.8, 4) is 0 Å². The van der Waals surface area contributed by atoms with Crippen LogP contribution < -0.4 is 10.0 Å². The molecule has 3 rings (SSSR count). The summed E-state index contributed by atoms with van der Waals surface area (Å²) in [7, 11) is -6.61. The molecule has 2 aliphatic rings. The molecule has 0 aromatic heterocycles. The van der Waals surface area contributed by atoms with Gasteiger partial charge in [0.15, 0.2) is 0 Å².